The maximum absolute atomic E-state index is 11.3. The Morgan fingerprint density at radius 3 is 3.00 bits per heavy atom. The van der Waals surface area contributed by atoms with Crippen molar-refractivity contribution in [2.45, 2.75) is 5.75 Å². The van der Waals surface area contributed by atoms with Gasteiger partial charge in [-0.1, -0.05) is 11.6 Å². The summed E-state index contributed by atoms with van der Waals surface area (Å²) in [7, 11) is -0.919. The Bertz CT molecular complexity index is 306. The minimum Gasteiger partial charge on any atom is -0.330 e. The summed E-state index contributed by atoms with van der Waals surface area (Å²) in [6.45, 7) is 0.440. The average Bonchev–Trinajstić information content (AvgIpc) is 2.09. The van der Waals surface area contributed by atoms with E-state index in [1.807, 2.05) is 0 Å². The number of hydrogen-bond acceptors (Lipinski definition) is 3. The Labute approximate surface area is 84.8 Å². The van der Waals surface area contributed by atoms with E-state index >= 15 is 0 Å². The first-order valence-electron chi connectivity index (χ1n) is 3.87. The van der Waals surface area contributed by atoms with E-state index < -0.39 is 10.8 Å². The van der Waals surface area contributed by atoms with Crippen LogP contribution < -0.4 is 5.73 Å². The van der Waals surface area contributed by atoms with Crippen molar-refractivity contribution < 1.29 is 4.21 Å². The first-order chi connectivity index (χ1) is 6.24. The van der Waals surface area contributed by atoms with Gasteiger partial charge in [-0.25, -0.2) is 0 Å². The lowest BCUT2D eigenvalue weighted by molar-refractivity contribution is 0.682. The summed E-state index contributed by atoms with van der Waals surface area (Å²) >= 11 is 5.84. The molecular formula is C8H11ClN2OS. The third-order valence-electron chi connectivity index (χ3n) is 1.52. The fraction of sp³-hybridized carbons (Fsp3) is 0.375. The SMILES string of the molecule is NCCS(=O)Cc1ccncc1Cl. The van der Waals surface area contributed by atoms with Crippen LogP contribution in [0.3, 0.4) is 0 Å². The van der Waals surface area contributed by atoms with Gasteiger partial charge in [-0.15, -0.1) is 0 Å². The molecule has 2 N–H and O–H groups in total. The molecule has 0 radical (unpaired) electrons. The molecule has 0 aliphatic carbocycles. The van der Waals surface area contributed by atoms with Gasteiger partial charge in [0.15, 0.2) is 0 Å². The van der Waals surface area contributed by atoms with Crippen molar-refractivity contribution in [3.8, 4) is 0 Å². The van der Waals surface area contributed by atoms with E-state index in [1.165, 1.54) is 0 Å². The van der Waals surface area contributed by atoms with Gasteiger partial charge < -0.3 is 5.73 Å². The van der Waals surface area contributed by atoms with Crippen LogP contribution in [0, 0.1) is 0 Å². The number of hydrogen-bond donors (Lipinski definition) is 1. The van der Waals surface area contributed by atoms with Crippen molar-refractivity contribution in [2.24, 2.45) is 5.73 Å². The first kappa shape index (κ1) is 10.6. The maximum Gasteiger partial charge on any atom is 0.0630 e. The molecule has 0 aliphatic rings. The summed E-state index contributed by atoms with van der Waals surface area (Å²) in [4.78, 5) is 3.84. The van der Waals surface area contributed by atoms with Crippen molar-refractivity contribution >= 4 is 22.4 Å². The van der Waals surface area contributed by atoms with E-state index in [9.17, 15) is 4.21 Å². The molecule has 0 bridgehead atoms. The second kappa shape index (κ2) is 5.32. The van der Waals surface area contributed by atoms with Crippen LogP contribution in [0.4, 0.5) is 0 Å². The van der Waals surface area contributed by atoms with E-state index in [1.54, 1.807) is 18.5 Å². The highest BCUT2D eigenvalue weighted by Gasteiger charge is 2.04. The zero-order valence-electron chi connectivity index (χ0n) is 7.07. The molecule has 3 nitrogen and oxygen atoms in total. The molecule has 0 saturated heterocycles. The van der Waals surface area contributed by atoms with Crippen molar-refractivity contribution in [3.63, 3.8) is 0 Å². The standard InChI is InChI=1S/C8H11ClN2OS/c9-8-5-11-3-1-7(8)6-13(12)4-2-10/h1,3,5H,2,4,6,10H2. The predicted octanol–water partition coefficient (Wildman–Crippen LogP) is 0.942. The summed E-state index contributed by atoms with van der Waals surface area (Å²) in [5, 5.41) is 0.563. The molecule has 1 rings (SSSR count). The second-order valence-electron chi connectivity index (χ2n) is 2.54. The Morgan fingerprint density at radius 2 is 2.38 bits per heavy atom. The van der Waals surface area contributed by atoms with Crippen LogP contribution in [0.25, 0.3) is 0 Å². The fourth-order valence-electron chi connectivity index (χ4n) is 0.898. The molecule has 0 aromatic carbocycles. The van der Waals surface area contributed by atoms with Crippen LogP contribution in [-0.4, -0.2) is 21.5 Å². The molecule has 1 aromatic heterocycles. The number of rotatable bonds is 4. The van der Waals surface area contributed by atoms with Crippen LogP contribution in [-0.2, 0) is 16.6 Å². The molecule has 1 atom stereocenters. The van der Waals surface area contributed by atoms with Gasteiger partial charge in [0.25, 0.3) is 0 Å². The Hall–Kier alpha value is -0.450. The highest BCUT2D eigenvalue weighted by atomic mass is 35.5. The molecule has 1 unspecified atom stereocenters. The van der Waals surface area contributed by atoms with Gasteiger partial charge in [-0.3, -0.25) is 9.19 Å². The molecule has 72 valence electrons. The summed E-state index contributed by atoms with van der Waals surface area (Å²) < 4.78 is 11.3. The topological polar surface area (TPSA) is 56.0 Å². The molecule has 0 saturated carbocycles. The molecule has 1 aromatic rings. The van der Waals surface area contributed by atoms with Crippen LogP contribution in [0.5, 0.6) is 0 Å². The van der Waals surface area contributed by atoms with E-state index in [2.05, 4.69) is 4.98 Å². The third kappa shape index (κ3) is 3.42. The predicted molar refractivity (Wildman–Crippen MR) is 55.0 cm³/mol. The van der Waals surface area contributed by atoms with Gasteiger partial charge in [0, 0.05) is 35.5 Å². The number of halogens is 1. The normalized spacial score (nSPS) is 12.8. The average molecular weight is 219 g/mol. The van der Waals surface area contributed by atoms with E-state index in [4.69, 9.17) is 17.3 Å². The van der Waals surface area contributed by atoms with Gasteiger partial charge >= 0.3 is 0 Å². The van der Waals surface area contributed by atoms with Crippen molar-refractivity contribution in [1.82, 2.24) is 4.98 Å². The summed E-state index contributed by atoms with van der Waals surface area (Å²) in [6, 6.07) is 1.77. The highest BCUT2D eigenvalue weighted by molar-refractivity contribution is 7.84. The Balaban J connectivity index is 2.63. The molecule has 0 fully saturated rings. The van der Waals surface area contributed by atoms with Gasteiger partial charge in [0.1, 0.15) is 0 Å². The smallest absolute Gasteiger partial charge is 0.0630 e. The van der Waals surface area contributed by atoms with Gasteiger partial charge in [-0.05, 0) is 11.6 Å². The molecule has 13 heavy (non-hydrogen) atoms. The molecule has 1 heterocycles. The lowest BCUT2D eigenvalue weighted by atomic mass is 10.3. The van der Waals surface area contributed by atoms with E-state index in [0.29, 0.717) is 23.1 Å². The lowest BCUT2D eigenvalue weighted by Gasteiger charge is -2.02. The van der Waals surface area contributed by atoms with Crippen LogP contribution >= 0.6 is 11.6 Å². The number of nitrogens with zero attached hydrogens (tertiary/aromatic N) is 1. The van der Waals surface area contributed by atoms with Crippen LogP contribution in [0.2, 0.25) is 5.02 Å². The Morgan fingerprint density at radius 1 is 1.62 bits per heavy atom. The highest BCUT2D eigenvalue weighted by Crippen LogP contribution is 2.14. The molecular weight excluding hydrogens is 208 g/mol. The minimum atomic E-state index is -0.919. The van der Waals surface area contributed by atoms with E-state index in [0.717, 1.165) is 5.56 Å². The molecule has 5 heteroatoms. The largest absolute Gasteiger partial charge is 0.330 e. The van der Waals surface area contributed by atoms with Crippen LogP contribution in [0.1, 0.15) is 5.56 Å². The Kier molecular flexibility index (Phi) is 4.35. The molecule has 0 spiro atoms. The summed E-state index contributed by atoms with van der Waals surface area (Å²) in [6.07, 6.45) is 3.19. The van der Waals surface area contributed by atoms with E-state index in [-0.39, 0.29) is 0 Å². The van der Waals surface area contributed by atoms with Crippen molar-refractivity contribution in [1.29, 1.82) is 0 Å². The minimum absolute atomic E-state index is 0.440. The third-order valence-corrected chi connectivity index (χ3v) is 3.18. The number of nitrogens with two attached hydrogens (primary N) is 1. The van der Waals surface area contributed by atoms with Crippen molar-refractivity contribution in [3.05, 3.63) is 29.0 Å². The molecule has 0 amide bonds. The monoisotopic (exact) mass is 218 g/mol. The fourth-order valence-corrected chi connectivity index (χ4v) is 2.17. The summed E-state index contributed by atoms with van der Waals surface area (Å²) in [5.41, 5.74) is 6.15. The van der Waals surface area contributed by atoms with Gasteiger partial charge in [0.2, 0.25) is 0 Å². The number of aromatic nitrogens is 1. The van der Waals surface area contributed by atoms with Crippen LogP contribution in [0.15, 0.2) is 18.5 Å². The molecule has 0 aliphatic heterocycles. The zero-order chi connectivity index (χ0) is 9.68. The van der Waals surface area contributed by atoms with Gasteiger partial charge in [-0.2, -0.15) is 0 Å². The first-order valence-corrected chi connectivity index (χ1v) is 5.74. The quantitative estimate of drug-likeness (QED) is 0.819. The summed E-state index contributed by atoms with van der Waals surface area (Å²) in [5.74, 6) is 0.969. The zero-order valence-corrected chi connectivity index (χ0v) is 8.64. The second-order valence-corrected chi connectivity index (χ2v) is 4.53. The lowest BCUT2D eigenvalue weighted by Crippen LogP contribution is -2.11. The number of pyridine rings is 1. The van der Waals surface area contributed by atoms with Crippen molar-refractivity contribution in [2.75, 3.05) is 12.3 Å². The maximum atomic E-state index is 11.3. The van der Waals surface area contributed by atoms with Gasteiger partial charge in [0.05, 0.1) is 10.8 Å².